The molecule has 0 saturated carbocycles. The molecule has 3 unspecified atom stereocenters. The fourth-order valence-electron chi connectivity index (χ4n) is 1.84. The van der Waals surface area contributed by atoms with E-state index in [9.17, 15) is 24.3 Å². The molecule has 9 nitrogen and oxygen atoms in total. The van der Waals surface area contributed by atoms with Crippen molar-refractivity contribution in [1.29, 1.82) is 0 Å². The number of carboxylic acid groups (broad SMARTS) is 2. The first-order valence-electron chi connectivity index (χ1n) is 8.41. The molecule has 0 aliphatic carbocycles. The van der Waals surface area contributed by atoms with Crippen LogP contribution in [0, 0.1) is 0 Å². The Morgan fingerprint density at radius 3 is 1.93 bits per heavy atom. The van der Waals surface area contributed by atoms with Crippen molar-refractivity contribution < 1.29 is 29.4 Å². The molecule has 0 rings (SSSR count). The number of nitrogens with one attached hydrogen (secondary N) is 2. The summed E-state index contributed by atoms with van der Waals surface area (Å²) in [7, 11) is 0. The van der Waals surface area contributed by atoms with Crippen LogP contribution in [0.15, 0.2) is 25.3 Å². The molecule has 0 aromatic carbocycles. The molecule has 2 amide bonds. The second-order valence-electron chi connectivity index (χ2n) is 5.66. The van der Waals surface area contributed by atoms with Crippen LogP contribution in [0.3, 0.4) is 0 Å². The Morgan fingerprint density at radius 2 is 1.46 bits per heavy atom. The van der Waals surface area contributed by atoms with Gasteiger partial charge in [-0.15, -0.1) is 13.2 Å². The van der Waals surface area contributed by atoms with Crippen molar-refractivity contribution in [2.45, 2.75) is 31.0 Å². The second kappa shape index (κ2) is 15.0. The number of nitrogens with two attached hydrogens (primary N) is 1. The lowest BCUT2D eigenvalue weighted by Crippen LogP contribution is -2.53. The van der Waals surface area contributed by atoms with Gasteiger partial charge in [-0.2, -0.15) is 23.5 Å². The van der Waals surface area contributed by atoms with E-state index < -0.39 is 41.9 Å². The van der Waals surface area contributed by atoms with Crippen LogP contribution in [0.25, 0.3) is 0 Å². The van der Waals surface area contributed by atoms with Gasteiger partial charge in [-0.05, 0) is 6.42 Å². The first kappa shape index (κ1) is 26.0. The molecule has 0 heterocycles. The summed E-state index contributed by atoms with van der Waals surface area (Å²) in [6.07, 6.45) is 3.02. The highest BCUT2D eigenvalue weighted by Gasteiger charge is 2.26. The Bertz CT molecular complexity index is 573. The number of aliphatic carboxylic acids is 2. The van der Waals surface area contributed by atoms with Crippen molar-refractivity contribution in [2.75, 3.05) is 23.0 Å². The Hall–Kier alpha value is -1.98. The molecule has 28 heavy (non-hydrogen) atoms. The molecule has 0 fully saturated rings. The predicted octanol–water partition coefficient (Wildman–Crippen LogP) is 0.0711. The Labute approximate surface area is 172 Å². The van der Waals surface area contributed by atoms with Crippen LogP contribution in [-0.2, 0) is 19.2 Å². The van der Waals surface area contributed by atoms with Gasteiger partial charge in [0.05, 0.1) is 0 Å². The van der Waals surface area contributed by atoms with Gasteiger partial charge >= 0.3 is 11.9 Å². The molecule has 3 atom stereocenters. The normalized spacial score (nSPS) is 13.6. The van der Waals surface area contributed by atoms with Crippen LogP contribution < -0.4 is 16.4 Å². The van der Waals surface area contributed by atoms with Gasteiger partial charge in [0.25, 0.3) is 0 Å². The molecule has 158 valence electrons. The molecule has 6 N–H and O–H groups in total. The fourth-order valence-corrected chi connectivity index (χ4v) is 3.38. The standard InChI is InChI=1S/C17H27N3O6S2/c1-3-7-27-9-12(19-14(21)6-5-11(18)16(23)24)15(22)20-13(17(25)26)10-28-8-4-2/h3-4,11-13H,1-2,5-10,18H2,(H,19,21)(H,20,22)(H,23,24)(H,25,26). The lowest BCUT2D eigenvalue weighted by Gasteiger charge is -2.21. The number of hydrogen-bond acceptors (Lipinski definition) is 7. The predicted molar refractivity (Wildman–Crippen MR) is 111 cm³/mol. The Kier molecular flexibility index (Phi) is 13.9. The van der Waals surface area contributed by atoms with E-state index in [2.05, 4.69) is 23.8 Å². The number of carbonyl (C=O) groups excluding carboxylic acids is 2. The summed E-state index contributed by atoms with van der Waals surface area (Å²) in [6, 6.07) is -3.25. The minimum atomic E-state index is -1.22. The smallest absolute Gasteiger partial charge is 0.327 e. The van der Waals surface area contributed by atoms with E-state index in [0.717, 1.165) is 0 Å². The molecule has 0 radical (unpaired) electrons. The second-order valence-corrected chi connectivity index (χ2v) is 7.81. The maximum Gasteiger partial charge on any atom is 0.327 e. The summed E-state index contributed by atoms with van der Waals surface area (Å²) >= 11 is 2.64. The van der Waals surface area contributed by atoms with Crippen LogP contribution >= 0.6 is 23.5 Å². The number of thioether (sulfide) groups is 2. The van der Waals surface area contributed by atoms with Crippen molar-refractivity contribution in [3.8, 4) is 0 Å². The largest absolute Gasteiger partial charge is 0.480 e. The molecule has 0 aliphatic heterocycles. The van der Waals surface area contributed by atoms with Crippen molar-refractivity contribution in [3.63, 3.8) is 0 Å². The first-order chi connectivity index (χ1) is 13.2. The lowest BCUT2D eigenvalue weighted by molar-refractivity contribution is -0.141. The van der Waals surface area contributed by atoms with Gasteiger partial charge in [-0.1, -0.05) is 12.2 Å². The number of rotatable bonds is 16. The molecular formula is C17H27N3O6S2. The van der Waals surface area contributed by atoms with E-state index >= 15 is 0 Å². The van der Waals surface area contributed by atoms with Crippen LogP contribution in [0.1, 0.15) is 12.8 Å². The summed E-state index contributed by atoms with van der Waals surface area (Å²) in [4.78, 5) is 46.6. The first-order valence-corrected chi connectivity index (χ1v) is 10.7. The van der Waals surface area contributed by atoms with Crippen molar-refractivity contribution in [2.24, 2.45) is 5.73 Å². The summed E-state index contributed by atoms with van der Waals surface area (Å²) in [6.45, 7) is 7.12. The van der Waals surface area contributed by atoms with E-state index in [1.54, 1.807) is 12.2 Å². The monoisotopic (exact) mass is 433 g/mol. The van der Waals surface area contributed by atoms with Gasteiger partial charge in [-0.3, -0.25) is 14.4 Å². The van der Waals surface area contributed by atoms with Crippen molar-refractivity contribution >= 4 is 47.3 Å². The zero-order chi connectivity index (χ0) is 21.5. The van der Waals surface area contributed by atoms with Crippen LogP contribution in [0.4, 0.5) is 0 Å². The van der Waals surface area contributed by atoms with Gasteiger partial charge in [-0.25, -0.2) is 4.79 Å². The number of amides is 2. The van der Waals surface area contributed by atoms with E-state index in [-0.39, 0.29) is 24.3 Å². The summed E-state index contributed by atoms with van der Waals surface area (Å²) in [5, 5.41) is 23.0. The number of carbonyl (C=O) groups is 4. The van der Waals surface area contributed by atoms with Gasteiger partial charge in [0.2, 0.25) is 11.8 Å². The number of carboxylic acids is 2. The maximum absolute atomic E-state index is 12.5. The molecule has 11 heteroatoms. The molecule has 0 bridgehead atoms. The molecule has 0 spiro atoms. The zero-order valence-electron chi connectivity index (χ0n) is 15.5. The molecule has 0 aromatic heterocycles. The summed E-state index contributed by atoms with van der Waals surface area (Å²) in [5.74, 6) is -2.11. The minimum absolute atomic E-state index is 0.0781. The fraction of sp³-hybridized carbons (Fsp3) is 0.529. The van der Waals surface area contributed by atoms with Gasteiger partial charge < -0.3 is 26.6 Å². The SMILES string of the molecule is C=CCSCC(NC(=O)C(CSCC=C)NC(=O)CCC(N)C(=O)O)C(=O)O. The van der Waals surface area contributed by atoms with Gasteiger partial charge in [0, 0.05) is 29.4 Å². The topological polar surface area (TPSA) is 159 Å². The average molecular weight is 434 g/mol. The van der Waals surface area contributed by atoms with Gasteiger partial charge in [0.1, 0.15) is 18.1 Å². The third-order valence-electron chi connectivity index (χ3n) is 3.31. The minimum Gasteiger partial charge on any atom is -0.480 e. The quantitative estimate of drug-likeness (QED) is 0.168. The Balaban J connectivity index is 4.88. The van der Waals surface area contributed by atoms with Crippen molar-refractivity contribution in [3.05, 3.63) is 25.3 Å². The van der Waals surface area contributed by atoms with Crippen LogP contribution in [0.5, 0.6) is 0 Å². The molecule has 0 aromatic rings. The Morgan fingerprint density at radius 1 is 0.929 bits per heavy atom. The van der Waals surface area contributed by atoms with E-state index in [4.69, 9.17) is 10.8 Å². The summed E-state index contributed by atoms with van der Waals surface area (Å²) < 4.78 is 0. The van der Waals surface area contributed by atoms with Gasteiger partial charge in [0.15, 0.2) is 0 Å². The molecule has 0 aliphatic rings. The molecular weight excluding hydrogens is 406 g/mol. The van der Waals surface area contributed by atoms with Crippen LogP contribution in [-0.4, -0.2) is 75.1 Å². The van der Waals surface area contributed by atoms with Crippen molar-refractivity contribution in [1.82, 2.24) is 10.6 Å². The summed E-state index contributed by atoms with van der Waals surface area (Å²) in [5.41, 5.74) is 5.36. The third kappa shape index (κ3) is 11.7. The van der Waals surface area contributed by atoms with E-state index in [0.29, 0.717) is 11.5 Å². The maximum atomic E-state index is 12.5. The average Bonchev–Trinajstić information content (AvgIpc) is 2.64. The highest BCUT2D eigenvalue weighted by molar-refractivity contribution is 7.99. The lowest BCUT2D eigenvalue weighted by atomic mass is 10.1. The third-order valence-corrected chi connectivity index (χ3v) is 5.39. The zero-order valence-corrected chi connectivity index (χ0v) is 17.1. The highest BCUT2D eigenvalue weighted by atomic mass is 32.2. The highest BCUT2D eigenvalue weighted by Crippen LogP contribution is 2.07. The number of hydrogen-bond donors (Lipinski definition) is 5. The van der Waals surface area contributed by atoms with Crippen LogP contribution in [0.2, 0.25) is 0 Å². The molecule has 0 saturated heterocycles. The van der Waals surface area contributed by atoms with E-state index in [1.165, 1.54) is 23.5 Å². The van der Waals surface area contributed by atoms with E-state index in [1.807, 2.05) is 0 Å².